The lowest BCUT2D eigenvalue weighted by molar-refractivity contribution is -0.141. The zero-order valence-corrected chi connectivity index (χ0v) is 19.0. The van der Waals surface area contributed by atoms with Crippen molar-refractivity contribution in [3.8, 4) is 11.5 Å². The van der Waals surface area contributed by atoms with Gasteiger partial charge in [0.2, 0.25) is 0 Å². The molecule has 0 fully saturated rings. The number of hydrogen-bond donors (Lipinski definition) is 2. The summed E-state index contributed by atoms with van der Waals surface area (Å²) in [6, 6.07) is 5.48. The second kappa shape index (κ2) is 12.9. The largest absolute Gasteiger partial charge is 0.484 e. The molecule has 190 valence electrons. The summed E-state index contributed by atoms with van der Waals surface area (Å²) in [5.41, 5.74) is -0.839. The van der Waals surface area contributed by atoms with E-state index < -0.39 is 42.7 Å². The van der Waals surface area contributed by atoms with Crippen molar-refractivity contribution in [2.75, 3.05) is 32.9 Å². The first-order chi connectivity index (χ1) is 16.5. The normalized spacial score (nSPS) is 11.0. The average molecular weight is 520 g/mol. The predicted molar refractivity (Wildman–Crippen MR) is 117 cm³/mol. The van der Waals surface area contributed by atoms with Gasteiger partial charge in [0, 0.05) is 31.3 Å². The highest BCUT2D eigenvalue weighted by Crippen LogP contribution is 2.28. The van der Waals surface area contributed by atoms with Crippen LogP contribution in [0, 0.1) is 5.82 Å². The Kier molecular flexibility index (Phi) is 10.3. The number of nitrogens with one attached hydrogen (secondary N) is 1. The third-order valence-electron chi connectivity index (χ3n) is 4.37. The van der Waals surface area contributed by atoms with E-state index in [-0.39, 0.29) is 48.3 Å². The first-order valence-corrected chi connectivity index (χ1v) is 10.5. The lowest BCUT2D eigenvalue weighted by Gasteiger charge is -2.22. The maximum atomic E-state index is 13.4. The van der Waals surface area contributed by atoms with Crippen LogP contribution in [-0.4, -0.2) is 59.7 Å². The molecule has 0 saturated carbocycles. The van der Waals surface area contributed by atoms with Crippen LogP contribution in [0.5, 0.6) is 11.5 Å². The van der Waals surface area contributed by atoms with Gasteiger partial charge in [-0.05, 0) is 24.3 Å². The van der Waals surface area contributed by atoms with E-state index in [9.17, 15) is 32.3 Å². The smallest absolute Gasteiger partial charge is 0.433 e. The van der Waals surface area contributed by atoms with Crippen LogP contribution < -0.4 is 14.8 Å². The van der Waals surface area contributed by atoms with E-state index >= 15 is 0 Å². The number of aliphatic hydroxyl groups is 1. The highest BCUT2D eigenvalue weighted by atomic mass is 35.5. The molecule has 2 aromatic rings. The Balaban J connectivity index is 1.78. The molecule has 2 N–H and O–H groups in total. The number of nitrogens with zero attached hydrogens (tertiary/aromatic N) is 2. The Morgan fingerprint density at radius 1 is 1.11 bits per heavy atom. The minimum atomic E-state index is -4.59. The highest BCUT2D eigenvalue weighted by molar-refractivity contribution is 6.30. The van der Waals surface area contributed by atoms with Crippen molar-refractivity contribution in [1.29, 1.82) is 0 Å². The van der Waals surface area contributed by atoms with Gasteiger partial charge in [-0.25, -0.2) is 9.37 Å². The summed E-state index contributed by atoms with van der Waals surface area (Å²) in [5, 5.41) is 11.6. The van der Waals surface area contributed by atoms with E-state index in [1.807, 2.05) is 0 Å². The van der Waals surface area contributed by atoms with Crippen molar-refractivity contribution in [3.63, 3.8) is 0 Å². The summed E-state index contributed by atoms with van der Waals surface area (Å²) in [6.07, 6.45) is -3.61. The second-order valence-corrected chi connectivity index (χ2v) is 7.44. The molecule has 0 saturated heterocycles. The van der Waals surface area contributed by atoms with Gasteiger partial charge in [-0.2, -0.15) is 13.2 Å². The molecule has 35 heavy (non-hydrogen) atoms. The van der Waals surface area contributed by atoms with E-state index in [4.69, 9.17) is 21.1 Å². The fourth-order valence-corrected chi connectivity index (χ4v) is 2.75. The van der Waals surface area contributed by atoms with Crippen molar-refractivity contribution in [2.24, 2.45) is 0 Å². The van der Waals surface area contributed by atoms with Crippen molar-refractivity contribution < 1.29 is 41.7 Å². The average Bonchev–Trinajstić information content (AvgIpc) is 2.80. The maximum absolute atomic E-state index is 13.4. The molecule has 13 heteroatoms. The second-order valence-electron chi connectivity index (χ2n) is 7.04. The Morgan fingerprint density at radius 3 is 2.40 bits per heavy atom. The first-order valence-electron chi connectivity index (χ1n) is 10.1. The summed E-state index contributed by atoms with van der Waals surface area (Å²) in [4.78, 5) is 28.9. The standard InChI is InChI=1S/C22H22ClF4N3O5/c1-14(29-20(32)12-34-15-2-4-17(23)18(24)10-15)6-7-30(8-9-31)21(33)13-35-16-3-5-19(28-11-16)22(25,26)27/h2-5,10-11,31H,1,6-9,12-13H2,(H,29,32). The van der Waals surface area contributed by atoms with Crippen LogP contribution in [0.3, 0.4) is 0 Å². The maximum Gasteiger partial charge on any atom is 0.433 e. The van der Waals surface area contributed by atoms with E-state index in [0.717, 1.165) is 24.4 Å². The predicted octanol–water partition coefficient (Wildman–Crippen LogP) is 3.19. The number of rotatable bonds is 12. The summed E-state index contributed by atoms with van der Waals surface area (Å²) < 4.78 is 61.4. The summed E-state index contributed by atoms with van der Waals surface area (Å²) in [7, 11) is 0. The van der Waals surface area contributed by atoms with E-state index in [0.29, 0.717) is 0 Å². The van der Waals surface area contributed by atoms with Crippen molar-refractivity contribution in [2.45, 2.75) is 12.6 Å². The van der Waals surface area contributed by atoms with Crippen molar-refractivity contribution in [1.82, 2.24) is 15.2 Å². The van der Waals surface area contributed by atoms with Crippen LogP contribution in [0.4, 0.5) is 17.6 Å². The number of hydrogen-bond acceptors (Lipinski definition) is 6. The Morgan fingerprint density at radius 2 is 1.80 bits per heavy atom. The molecule has 0 spiro atoms. The molecule has 2 amide bonds. The number of amides is 2. The highest BCUT2D eigenvalue weighted by Gasteiger charge is 2.32. The number of halogens is 5. The molecule has 0 aliphatic rings. The van der Waals surface area contributed by atoms with Gasteiger partial charge in [-0.3, -0.25) is 9.59 Å². The van der Waals surface area contributed by atoms with Gasteiger partial charge in [0.25, 0.3) is 11.8 Å². The molecule has 0 aliphatic heterocycles. The lowest BCUT2D eigenvalue weighted by atomic mass is 10.3. The number of ether oxygens (including phenoxy) is 2. The zero-order chi connectivity index (χ0) is 26.0. The molecule has 1 aromatic carbocycles. The minimum absolute atomic E-state index is 0.0347. The van der Waals surface area contributed by atoms with Gasteiger partial charge in [0.1, 0.15) is 23.0 Å². The third-order valence-corrected chi connectivity index (χ3v) is 4.68. The van der Waals surface area contributed by atoms with Gasteiger partial charge >= 0.3 is 6.18 Å². The number of aliphatic hydroxyl groups excluding tert-OH is 1. The molecule has 0 bridgehead atoms. The molecule has 1 aromatic heterocycles. The molecular formula is C22H22ClF4N3O5. The van der Waals surface area contributed by atoms with Gasteiger partial charge in [0.15, 0.2) is 13.2 Å². The number of aromatic nitrogens is 1. The molecular weight excluding hydrogens is 498 g/mol. The zero-order valence-electron chi connectivity index (χ0n) is 18.3. The molecule has 2 rings (SSSR count). The van der Waals surface area contributed by atoms with Gasteiger partial charge in [0.05, 0.1) is 17.8 Å². The molecule has 0 unspecified atom stereocenters. The Bertz CT molecular complexity index is 1030. The summed E-state index contributed by atoms with van der Waals surface area (Å²) in [5.74, 6) is -1.74. The number of alkyl halides is 3. The molecule has 1 heterocycles. The third kappa shape index (κ3) is 9.41. The SMILES string of the molecule is C=C(CCN(CCO)C(=O)COc1ccc(C(F)(F)F)nc1)NC(=O)COc1ccc(Cl)c(F)c1. The quantitative estimate of drug-likeness (QED) is 0.418. The molecule has 0 aliphatic carbocycles. The van der Waals surface area contributed by atoms with E-state index in [2.05, 4.69) is 16.9 Å². The number of carbonyl (C=O) groups excluding carboxylic acids is 2. The van der Waals surface area contributed by atoms with Crippen LogP contribution in [0.2, 0.25) is 5.02 Å². The van der Waals surface area contributed by atoms with Gasteiger partial charge in [-0.1, -0.05) is 18.2 Å². The number of carbonyl (C=O) groups is 2. The fourth-order valence-electron chi connectivity index (χ4n) is 2.63. The van der Waals surface area contributed by atoms with Crippen LogP contribution in [0.25, 0.3) is 0 Å². The van der Waals surface area contributed by atoms with E-state index in [1.54, 1.807) is 0 Å². The summed E-state index contributed by atoms with van der Waals surface area (Å²) >= 11 is 5.58. The van der Waals surface area contributed by atoms with Crippen LogP contribution in [-0.2, 0) is 15.8 Å². The fraction of sp³-hybridized carbons (Fsp3) is 0.318. The number of benzene rings is 1. The molecule has 8 nitrogen and oxygen atoms in total. The van der Waals surface area contributed by atoms with Crippen molar-refractivity contribution in [3.05, 3.63) is 65.3 Å². The topological polar surface area (TPSA) is 101 Å². The van der Waals surface area contributed by atoms with Crippen molar-refractivity contribution >= 4 is 23.4 Å². The number of pyridine rings is 1. The molecule has 0 atom stereocenters. The first kappa shape index (κ1) is 27.9. The lowest BCUT2D eigenvalue weighted by Crippen LogP contribution is -2.39. The Labute approximate surface area is 203 Å². The summed E-state index contributed by atoms with van der Waals surface area (Å²) in [6.45, 7) is 2.44. The van der Waals surface area contributed by atoms with E-state index in [1.165, 1.54) is 17.0 Å². The Hall–Kier alpha value is -3.38. The minimum Gasteiger partial charge on any atom is -0.484 e. The van der Waals surface area contributed by atoms with Gasteiger partial charge < -0.3 is 24.8 Å². The van der Waals surface area contributed by atoms with Crippen LogP contribution >= 0.6 is 11.6 Å². The van der Waals surface area contributed by atoms with Crippen LogP contribution in [0.1, 0.15) is 12.1 Å². The molecule has 0 radical (unpaired) electrons. The van der Waals surface area contributed by atoms with Gasteiger partial charge in [-0.15, -0.1) is 0 Å². The van der Waals surface area contributed by atoms with Crippen LogP contribution in [0.15, 0.2) is 48.8 Å². The monoisotopic (exact) mass is 519 g/mol.